The Balaban J connectivity index is 1.27. The first-order valence-corrected chi connectivity index (χ1v) is 15.9. The quantitative estimate of drug-likeness (QED) is 0.191. The minimum Gasteiger partial charge on any atom is -0.349 e. The molecule has 43 heavy (non-hydrogen) atoms. The van der Waals surface area contributed by atoms with Crippen LogP contribution in [-0.2, 0) is 6.54 Å². The molecule has 6 rings (SSSR count). The van der Waals surface area contributed by atoms with Crippen LogP contribution in [0.4, 0.5) is 0 Å². The van der Waals surface area contributed by atoms with E-state index < -0.39 is 0 Å². The van der Waals surface area contributed by atoms with E-state index in [1.54, 1.807) is 49.1 Å². The summed E-state index contributed by atoms with van der Waals surface area (Å²) in [5, 5.41) is 5.06. The Morgan fingerprint density at radius 3 is 2.26 bits per heavy atom. The van der Waals surface area contributed by atoms with Crippen molar-refractivity contribution in [2.45, 2.75) is 44.3 Å². The van der Waals surface area contributed by atoms with Crippen LogP contribution >= 0.6 is 46.1 Å². The largest absolute Gasteiger partial charge is 0.349 e. The van der Waals surface area contributed by atoms with Gasteiger partial charge in [0.1, 0.15) is 4.88 Å². The highest BCUT2D eigenvalue weighted by Crippen LogP contribution is 2.43. The number of amides is 2. The van der Waals surface area contributed by atoms with Crippen molar-refractivity contribution < 1.29 is 9.59 Å². The lowest BCUT2D eigenvalue weighted by Crippen LogP contribution is -2.45. The summed E-state index contributed by atoms with van der Waals surface area (Å²) >= 11 is 20.9. The number of nitrogens with zero attached hydrogens (tertiary/aromatic N) is 3. The Hall–Kier alpha value is -3.49. The lowest BCUT2D eigenvalue weighted by atomic mass is 9.89. The maximum absolute atomic E-state index is 14.3. The fourth-order valence-corrected chi connectivity index (χ4v) is 7.59. The van der Waals surface area contributed by atoms with E-state index in [1.165, 1.54) is 11.3 Å². The van der Waals surface area contributed by atoms with Crippen LogP contribution in [-0.4, -0.2) is 38.8 Å². The Kier molecular flexibility index (Phi) is 8.96. The first kappa shape index (κ1) is 29.6. The van der Waals surface area contributed by atoms with E-state index in [9.17, 15) is 9.59 Å². The fourth-order valence-electron chi connectivity index (χ4n) is 5.60. The second-order valence-electron chi connectivity index (χ2n) is 10.6. The molecule has 0 radical (unpaired) electrons. The second kappa shape index (κ2) is 13.0. The van der Waals surface area contributed by atoms with Gasteiger partial charge in [-0.25, -0.2) is 0 Å². The molecule has 0 atom stereocenters. The normalized spacial score (nSPS) is 16.6. The van der Waals surface area contributed by atoms with Crippen LogP contribution in [0.5, 0.6) is 0 Å². The van der Waals surface area contributed by atoms with Crippen molar-refractivity contribution in [3.8, 4) is 11.1 Å². The third-order valence-electron chi connectivity index (χ3n) is 7.85. The number of carbonyl (C=O) groups is 2. The molecule has 0 saturated heterocycles. The zero-order valence-electron chi connectivity index (χ0n) is 23.0. The van der Waals surface area contributed by atoms with E-state index >= 15 is 0 Å². The molecule has 1 saturated carbocycles. The van der Waals surface area contributed by atoms with Crippen molar-refractivity contribution in [2.24, 2.45) is 0 Å². The highest BCUT2D eigenvalue weighted by molar-refractivity contribution is 7.22. The van der Waals surface area contributed by atoms with Gasteiger partial charge >= 0.3 is 0 Å². The number of hydrogen-bond acceptors (Lipinski definition) is 5. The predicted octanol–water partition coefficient (Wildman–Crippen LogP) is 8.70. The maximum Gasteiger partial charge on any atom is 0.266 e. The van der Waals surface area contributed by atoms with Crippen LogP contribution in [0.25, 0.3) is 21.2 Å². The Bertz CT molecular complexity index is 1770. The summed E-state index contributed by atoms with van der Waals surface area (Å²) in [6, 6.07) is 19.0. The third kappa shape index (κ3) is 6.41. The van der Waals surface area contributed by atoms with Crippen LogP contribution in [0, 0.1) is 0 Å². The van der Waals surface area contributed by atoms with Gasteiger partial charge in [-0.1, -0.05) is 59.1 Å². The summed E-state index contributed by atoms with van der Waals surface area (Å²) < 4.78 is 0.699. The van der Waals surface area contributed by atoms with Gasteiger partial charge in [0, 0.05) is 54.4 Å². The van der Waals surface area contributed by atoms with E-state index in [0.29, 0.717) is 42.1 Å². The second-order valence-corrected chi connectivity index (χ2v) is 12.8. The molecule has 3 aromatic heterocycles. The standard InChI is InChI=1S/C33H27Cl3N4O2S/c34-27-9-8-26-28(35)31(43-30(26)29(27)36)33(42)40(19-20-2-1-3-23(18-20)21-10-14-37-15-11-21)25-6-4-24(5-7-25)39-32(41)22-12-16-38-17-13-22/h1-3,8-18,24-25H,4-7,19H2,(H,39,41). The molecular formula is C33H27Cl3N4O2S. The Morgan fingerprint density at radius 2 is 1.53 bits per heavy atom. The maximum atomic E-state index is 14.3. The monoisotopic (exact) mass is 648 g/mol. The van der Waals surface area contributed by atoms with Gasteiger partial charge in [0.15, 0.2) is 0 Å². The van der Waals surface area contributed by atoms with Crippen LogP contribution in [0.2, 0.25) is 15.1 Å². The molecule has 2 amide bonds. The number of carbonyl (C=O) groups excluding carboxylic acids is 2. The molecule has 1 N–H and O–H groups in total. The lowest BCUT2D eigenvalue weighted by molar-refractivity contribution is 0.0597. The average molecular weight is 650 g/mol. The summed E-state index contributed by atoms with van der Waals surface area (Å²) in [4.78, 5) is 37.6. The molecule has 218 valence electrons. The van der Waals surface area contributed by atoms with Crippen molar-refractivity contribution in [3.05, 3.63) is 117 Å². The predicted molar refractivity (Wildman–Crippen MR) is 174 cm³/mol. The van der Waals surface area contributed by atoms with Gasteiger partial charge in [0.25, 0.3) is 11.8 Å². The Labute approximate surface area is 268 Å². The van der Waals surface area contributed by atoms with Gasteiger partial charge in [-0.3, -0.25) is 19.6 Å². The summed E-state index contributed by atoms with van der Waals surface area (Å²) in [6.07, 6.45) is 9.75. The van der Waals surface area contributed by atoms with E-state index in [2.05, 4.69) is 27.4 Å². The summed E-state index contributed by atoms with van der Waals surface area (Å²) in [7, 11) is 0. The summed E-state index contributed by atoms with van der Waals surface area (Å²) in [6.45, 7) is 0.412. The van der Waals surface area contributed by atoms with Crippen LogP contribution < -0.4 is 5.32 Å². The Morgan fingerprint density at radius 1 is 0.837 bits per heavy atom. The van der Waals surface area contributed by atoms with Crippen LogP contribution in [0.15, 0.2) is 85.5 Å². The van der Waals surface area contributed by atoms with E-state index in [0.717, 1.165) is 42.4 Å². The number of nitrogens with one attached hydrogen (secondary N) is 1. The smallest absolute Gasteiger partial charge is 0.266 e. The van der Waals surface area contributed by atoms with Crippen molar-refractivity contribution >= 4 is 68.0 Å². The van der Waals surface area contributed by atoms with E-state index in [-0.39, 0.29) is 23.9 Å². The molecule has 0 spiro atoms. The molecular weight excluding hydrogens is 623 g/mol. The molecule has 0 aliphatic heterocycles. The molecule has 10 heteroatoms. The first-order chi connectivity index (χ1) is 20.9. The molecule has 3 heterocycles. The van der Waals surface area contributed by atoms with Gasteiger partial charge in [-0.2, -0.15) is 0 Å². The summed E-state index contributed by atoms with van der Waals surface area (Å²) in [5.41, 5.74) is 3.70. The van der Waals surface area contributed by atoms with Gasteiger partial charge in [-0.05, 0) is 78.8 Å². The molecule has 0 bridgehead atoms. The number of aromatic nitrogens is 2. The van der Waals surface area contributed by atoms with Gasteiger partial charge in [0.05, 0.1) is 19.8 Å². The highest BCUT2D eigenvalue weighted by Gasteiger charge is 2.33. The molecule has 1 fully saturated rings. The van der Waals surface area contributed by atoms with Crippen LogP contribution in [0.1, 0.15) is 51.3 Å². The number of pyridine rings is 2. The van der Waals surface area contributed by atoms with Crippen molar-refractivity contribution in [3.63, 3.8) is 0 Å². The zero-order valence-corrected chi connectivity index (χ0v) is 26.1. The van der Waals surface area contributed by atoms with Gasteiger partial charge in [0.2, 0.25) is 0 Å². The number of hydrogen-bond donors (Lipinski definition) is 1. The van der Waals surface area contributed by atoms with E-state index in [4.69, 9.17) is 34.8 Å². The molecule has 2 aromatic carbocycles. The minimum atomic E-state index is -0.142. The van der Waals surface area contributed by atoms with Crippen molar-refractivity contribution in [1.82, 2.24) is 20.2 Å². The van der Waals surface area contributed by atoms with Gasteiger partial charge in [-0.15, -0.1) is 11.3 Å². The molecule has 6 nitrogen and oxygen atoms in total. The van der Waals surface area contributed by atoms with Crippen LogP contribution in [0.3, 0.4) is 0 Å². The molecule has 1 aliphatic rings. The molecule has 1 aliphatic carbocycles. The number of rotatable bonds is 7. The minimum absolute atomic E-state index is 0.0257. The van der Waals surface area contributed by atoms with Gasteiger partial charge < -0.3 is 10.2 Å². The molecule has 0 unspecified atom stereocenters. The number of halogens is 3. The van der Waals surface area contributed by atoms with Crippen molar-refractivity contribution in [2.75, 3.05) is 0 Å². The SMILES string of the molecule is O=C(NC1CCC(N(Cc2cccc(-c3ccncc3)c2)C(=O)c2sc3c(Cl)c(Cl)ccc3c2Cl)CC1)c1ccncc1. The highest BCUT2D eigenvalue weighted by atomic mass is 35.5. The molecule has 5 aromatic rings. The first-order valence-electron chi connectivity index (χ1n) is 14.0. The summed E-state index contributed by atoms with van der Waals surface area (Å²) in [5.74, 6) is -0.253. The van der Waals surface area contributed by atoms with Crippen molar-refractivity contribution in [1.29, 1.82) is 0 Å². The van der Waals surface area contributed by atoms with E-state index in [1.807, 2.05) is 29.2 Å². The number of fused-ring (bicyclic) bond motifs is 1. The fraction of sp³-hybridized carbons (Fsp3) is 0.212. The topological polar surface area (TPSA) is 75.2 Å². The average Bonchev–Trinajstić information content (AvgIpc) is 3.39. The third-order valence-corrected chi connectivity index (χ3v) is 10.5. The lowest BCUT2D eigenvalue weighted by Gasteiger charge is -2.37. The number of thiophene rings is 1. The number of benzene rings is 2. The zero-order chi connectivity index (χ0) is 29.9.